The third kappa shape index (κ3) is 4.36. The van der Waals surface area contributed by atoms with Crippen LogP contribution in [0.25, 0.3) is 16.9 Å². The molecule has 4 nitrogen and oxygen atoms in total. The number of benzene rings is 3. The molecule has 4 aromatic rings. The molecular weight excluding hydrogens is 438 g/mol. The normalized spacial score (nSPS) is 11.8. The van der Waals surface area contributed by atoms with Gasteiger partial charge in [0.05, 0.1) is 17.3 Å². The molecule has 0 bridgehead atoms. The highest BCUT2D eigenvalue weighted by molar-refractivity contribution is 9.10. The third-order valence-electron chi connectivity index (χ3n) is 5.03. The van der Waals surface area contributed by atoms with Gasteiger partial charge in [0, 0.05) is 16.1 Å². The van der Waals surface area contributed by atoms with Crippen LogP contribution in [0, 0.1) is 0 Å². The van der Waals surface area contributed by atoms with E-state index in [0.29, 0.717) is 12.2 Å². The van der Waals surface area contributed by atoms with Gasteiger partial charge in [-0.2, -0.15) is 5.10 Å². The standard InChI is InChI=1S/C25H22BrN3O/c1-2-22(18-9-5-3-6-10-18)25(30)27-24-17-23(19-11-7-4-8-12-19)28-29(24)21-15-13-20(26)14-16-21/h3-17,22H,2H2,1H3,(H,27,30). The molecule has 1 N–H and O–H groups in total. The van der Waals surface area contributed by atoms with Crippen molar-refractivity contribution in [3.05, 3.63) is 101 Å². The van der Waals surface area contributed by atoms with Crippen molar-refractivity contribution in [2.24, 2.45) is 0 Å². The first-order valence-electron chi connectivity index (χ1n) is 9.93. The molecule has 1 unspecified atom stereocenters. The van der Waals surface area contributed by atoms with Gasteiger partial charge in [0.1, 0.15) is 5.82 Å². The predicted molar refractivity (Wildman–Crippen MR) is 125 cm³/mol. The summed E-state index contributed by atoms with van der Waals surface area (Å²) < 4.78 is 2.77. The number of halogens is 1. The Balaban J connectivity index is 1.71. The number of hydrogen-bond acceptors (Lipinski definition) is 2. The maximum atomic E-state index is 13.2. The number of amides is 1. The second-order valence-electron chi connectivity index (χ2n) is 7.03. The van der Waals surface area contributed by atoms with Crippen LogP contribution in [0.1, 0.15) is 24.8 Å². The Labute approximate surface area is 184 Å². The van der Waals surface area contributed by atoms with E-state index in [0.717, 1.165) is 27.0 Å². The van der Waals surface area contributed by atoms with Crippen molar-refractivity contribution in [3.63, 3.8) is 0 Å². The van der Waals surface area contributed by atoms with Crippen molar-refractivity contribution < 1.29 is 4.79 Å². The molecule has 30 heavy (non-hydrogen) atoms. The molecule has 1 atom stereocenters. The number of anilines is 1. The van der Waals surface area contributed by atoms with E-state index in [4.69, 9.17) is 5.10 Å². The first-order chi connectivity index (χ1) is 14.7. The highest BCUT2D eigenvalue weighted by Crippen LogP contribution is 2.27. The van der Waals surface area contributed by atoms with Gasteiger partial charge < -0.3 is 5.32 Å². The van der Waals surface area contributed by atoms with E-state index in [1.807, 2.05) is 97.9 Å². The molecule has 1 aromatic heterocycles. The first-order valence-corrected chi connectivity index (χ1v) is 10.7. The highest BCUT2D eigenvalue weighted by atomic mass is 79.9. The van der Waals surface area contributed by atoms with E-state index in [1.54, 1.807) is 4.68 Å². The summed E-state index contributed by atoms with van der Waals surface area (Å²) in [6.45, 7) is 2.03. The monoisotopic (exact) mass is 459 g/mol. The van der Waals surface area contributed by atoms with Crippen LogP contribution in [0.5, 0.6) is 0 Å². The number of carbonyl (C=O) groups is 1. The van der Waals surface area contributed by atoms with Gasteiger partial charge in [-0.1, -0.05) is 83.5 Å². The molecule has 5 heteroatoms. The summed E-state index contributed by atoms with van der Waals surface area (Å²) in [4.78, 5) is 13.2. The Morgan fingerprint density at radius 1 is 0.967 bits per heavy atom. The molecule has 1 amide bonds. The maximum absolute atomic E-state index is 13.2. The van der Waals surface area contributed by atoms with Crippen LogP contribution in [-0.2, 0) is 4.79 Å². The van der Waals surface area contributed by atoms with E-state index >= 15 is 0 Å². The van der Waals surface area contributed by atoms with Gasteiger partial charge in [0.25, 0.3) is 0 Å². The lowest BCUT2D eigenvalue weighted by Crippen LogP contribution is -2.22. The van der Waals surface area contributed by atoms with Crippen LogP contribution in [0.4, 0.5) is 5.82 Å². The lowest BCUT2D eigenvalue weighted by atomic mass is 9.96. The molecule has 0 radical (unpaired) electrons. The first kappa shape index (κ1) is 20.1. The molecule has 4 rings (SSSR count). The molecule has 0 saturated heterocycles. The van der Waals surface area contributed by atoms with E-state index in [-0.39, 0.29) is 11.8 Å². The molecule has 0 aliphatic rings. The zero-order chi connectivity index (χ0) is 20.9. The molecule has 150 valence electrons. The SMILES string of the molecule is CCC(C(=O)Nc1cc(-c2ccccc2)nn1-c1ccc(Br)cc1)c1ccccc1. The molecule has 0 spiro atoms. The number of hydrogen-bond donors (Lipinski definition) is 1. The third-order valence-corrected chi connectivity index (χ3v) is 5.56. The Hall–Kier alpha value is -3.18. The number of aromatic nitrogens is 2. The Bertz CT molecular complexity index is 1120. The molecule has 0 aliphatic heterocycles. The van der Waals surface area contributed by atoms with Gasteiger partial charge in [-0.3, -0.25) is 4.79 Å². The van der Waals surface area contributed by atoms with Gasteiger partial charge in [-0.25, -0.2) is 4.68 Å². The largest absolute Gasteiger partial charge is 0.310 e. The van der Waals surface area contributed by atoms with Gasteiger partial charge in [-0.15, -0.1) is 0 Å². The topological polar surface area (TPSA) is 46.9 Å². The number of nitrogens with zero attached hydrogens (tertiary/aromatic N) is 2. The van der Waals surface area contributed by atoms with Crippen LogP contribution < -0.4 is 5.32 Å². The Kier molecular flexibility index (Phi) is 6.10. The molecular formula is C25H22BrN3O. The van der Waals surface area contributed by atoms with Crippen molar-refractivity contribution in [2.75, 3.05) is 5.32 Å². The average molecular weight is 460 g/mol. The minimum atomic E-state index is -0.223. The van der Waals surface area contributed by atoms with E-state index in [9.17, 15) is 4.79 Å². The minimum Gasteiger partial charge on any atom is -0.310 e. The fourth-order valence-corrected chi connectivity index (χ4v) is 3.73. The van der Waals surface area contributed by atoms with Gasteiger partial charge in [0.2, 0.25) is 5.91 Å². The molecule has 1 heterocycles. The molecule has 0 saturated carbocycles. The zero-order valence-electron chi connectivity index (χ0n) is 16.6. The van der Waals surface area contributed by atoms with Crippen molar-refractivity contribution in [3.8, 4) is 16.9 Å². The maximum Gasteiger partial charge on any atom is 0.233 e. The van der Waals surface area contributed by atoms with Crippen molar-refractivity contribution in [1.82, 2.24) is 9.78 Å². The van der Waals surface area contributed by atoms with E-state index < -0.39 is 0 Å². The average Bonchev–Trinajstić information content (AvgIpc) is 3.20. The summed E-state index contributed by atoms with van der Waals surface area (Å²) in [7, 11) is 0. The van der Waals surface area contributed by atoms with E-state index in [2.05, 4.69) is 21.2 Å². The number of carbonyl (C=O) groups excluding carboxylic acids is 1. The molecule has 0 fully saturated rings. The fourth-order valence-electron chi connectivity index (χ4n) is 3.47. The second kappa shape index (κ2) is 9.09. The lowest BCUT2D eigenvalue weighted by Gasteiger charge is -2.16. The summed E-state index contributed by atoms with van der Waals surface area (Å²) in [5, 5.41) is 7.89. The number of rotatable bonds is 6. The summed E-state index contributed by atoms with van der Waals surface area (Å²) in [5.74, 6) is 0.386. The number of nitrogens with one attached hydrogen (secondary N) is 1. The van der Waals surface area contributed by atoms with Crippen molar-refractivity contribution in [1.29, 1.82) is 0 Å². The van der Waals surface area contributed by atoms with Crippen LogP contribution in [0.2, 0.25) is 0 Å². The quantitative estimate of drug-likeness (QED) is 0.360. The predicted octanol–water partition coefficient (Wildman–Crippen LogP) is 6.43. The fraction of sp³-hybridized carbons (Fsp3) is 0.120. The van der Waals surface area contributed by atoms with Gasteiger partial charge >= 0.3 is 0 Å². The second-order valence-corrected chi connectivity index (χ2v) is 7.95. The summed E-state index contributed by atoms with van der Waals surface area (Å²) in [5.41, 5.74) is 3.69. The van der Waals surface area contributed by atoms with Crippen molar-refractivity contribution in [2.45, 2.75) is 19.3 Å². The van der Waals surface area contributed by atoms with Crippen LogP contribution >= 0.6 is 15.9 Å². The van der Waals surface area contributed by atoms with Crippen LogP contribution in [-0.4, -0.2) is 15.7 Å². The summed E-state index contributed by atoms with van der Waals surface area (Å²) in [6, 6.07) is 29.6. The minimum absolute atomic E-state index is 0.0402. The Morgan fingerprint density at radius 2 is 1.60 bits per heavy atom. The molecule has 0 aliphatic carbocycles. The van der Waals surface area contributed by atoms with Crippen LogP contribution in [0.3, 0.4) is 0 Å². The molecule has 3 aromatic carbocycles. The van der Waals surface area contributed by atoms with Gasteiger partial charge in [-0.05, 0) is 36.2 Å². The highest BCUT2D eigenvalue weighted by Gasteiger charge is 2.21. The summed E-state index contributed by atoms with van der Waals surface area (Å²) >= 11 is 3.47. The lowest BCUT2D eigenvalue weighted by molar-refractivity contribution is -0.117. The van der Waals surface area contributed by atoms with Crippen LogP contribution in [0.15, 0.2) is 95.5 Å². The van der Waals surface area contributed by atoms with E-state index in [1.165, 1.54) is 0 Å². The smallest absolute Gasteiger partial charge is 0.233 e. The van der Waals surface area contributed by atoms with Crippen molar-refractivity contribution >= 4 is 27.7 Å². The zero-order valence-corrected chi connectivity index (χ0v) is 18.2. The van der Waals surface area contributed by atoms with Gasteiger partial charge in [0.15, 0.2) is 0 Å². The Morgan fingerprint density at radius 3 is 2.23 bits per heavy atom. The summed E-state index contributed by atoms with van der Waals surface area (Å²) in [6.07, 6.45) is 0.716.